The minimum Gasteiger partial charge on any atom is -0.494 e. The van der Waals surface area contributed by atoms with Crippen LogP contribution in [-0.2, 0) is 14.8 Å². The van der Waals surface area contributed by atoms with Gasteiger partial charge in [0.2, 0.25) is 15.9 Å². The maximum absolute atomic E-state index is 13.0. The van der Waals surface area contributed by atoms with Gasteiger partial charge in [-0.1, -0.05) is 41.9 Å². The number of hydrogen-bond donors (Lipinski definition) is 2. The molecule has 208 valence electrons. The first-order chi connectivity index (χ1) is 18.5. The van der Waals surface area contributed by atoms with E-state index in [0.717, 1.165) is 21.0 Å². The lowest BCUT2D eigenvalue weighted by Crippen LogP contribution is -2.49. The number of carbonyl (C=O) groups is 2. The highest BCUT2D eigenvalue weighted by Gasteiger charge is 2.33. The number of carboxylic acid groups (broad SMARTS) is 1. The number of amides is 1. The lowest BCUT2D eigenvalue weighted by atomic mass is 9.86. The molecule has 10 heteroatoms. The van der Waals surface area contributed by atoms with E-state index in [1.165, 1.54) is 28.6 Å². The predicted octanol–water partition coefficient (Wildman–Crippen LogP) is 5.46. The number of carboxylic acids is 1. The number of hydrogen-bond acceptors (Lipinski definition) is 5. The summed E-state index contributed by atoms with van der Waals surface area (Å²) in [5.74, 6) is -0.365. The van der Waals surface area contributed by atoms with Crippen molar-refractivity contribution >= 4 is 48.6 Å². The van der Waals surface area contributed by atoms with E-state index in [4.69, 9.17) is 9.84 Å². The van der Waals surface area contributed by atoms with E-state index >= 15 is 0 Å². The first kappa shape index (κ1) is 29.0. The maximum atomic E-state index is 13.0. The van der Waals surface area contributed by atoms with Crippen LogP contribution in [-0.4, -0.2) is 55.4 Å². The number of fused-ring (bicyclic) bond motifs is 1. The SMILES string of the molecule is CC(C)(CCCOc1ccc2ccc(Br)cc2c1)C(=O)NC1CCN(S(=O)(=O)c2ccc(C(=O)O)cc2)CC1. The molecule has 0 saturated carbocycles. The number of sulfonamides is 1. The van der Waals surface area contributed by atoms with Gasteiger partial charge in [-0.25, -0.2) is 13.2 Å². The van der Waals surface area contributed by atoms with Crippen molar-refractivity contribution in [2.45, 2.75) is 50.5 Å². The molecule has 0 atom stereocenters. The van der Waals surface area contributed by atoms with Gasteiger partial charge in [0.25, 0.3) is 0 Å². The van der Waals surface area contributed by atoms with Gasteiger partial charge in [0.1, 0.15) is 5.75 Å². The smallest absolute Gasteiger partial charge is 0.335 e. The zero-order valence-corrected chi connectivity index (χ0v) is 24.4. The Kier molecular flexibility index (Phi) is 8.98. The average Bonchev–Trinajstić information content (AvgIpc) is 2.91. The van der Waals surface area contributed by atoms with Crippen LogP contribution in [0, 0.1) is 5.41 Å². The normalized spacial score (nSPS) is 15.3. The summed E-state index contributed by atoms with van der Waals surface area (Å²) in [6.45, 7) is 4.89. The van der Waals surface area contributed by atoms with Crippen LogP contribution in [0.5, 0.6) is 5.75 Å². The molecule has 0 spiro atoms. The van der Waals surface area contributed by atoms with Gasteiger partial charge in [0, 0.05) is 29.0 Å². The van der Waals surface area contributed by atoms with Crippen LogP contribution in [0.2, 0.25) is 0 Å². The summed E-state index contributed by atoms with van der Waals surface area (Å²) < 4.78 is 34.3. The Morgan fingerprint density at radius 2 is 1.69 bits per heavy atom. The minimum absolute atomic E-state index is 0.0339. The predicted molar refractivity (Wildman–Crippen MR) is 153 cm³/mol. The Balaban J connectivity index is 1.23. The summed E-state index contributed by atoms with van der Waals surface area (Å²) in [6.07, 6.45) is 2.39. The zero-order chi connectivity index (χ0) is 28.2. The topological polar surface area (TPSA) is 113 Å². The summed E-state index contributed by atoms with van der Waals surface area (Å²) in [7, 11) is -3.73. The van der Waals surface area contributed by atoms with Crippen LogP contribution in [0.4, 0.5) is 0 Å². The fraction of sp³-hybridized carbons (Fsp3) is 0.379. The molecule has 1 saturated heterocycles. The van der Waals surface area contributed by atoms with Crippen LogP contribution in [0.25, 0.3) is 10.8 Å². The van der Waals surface area contributed by atoms with Crippen LogP contribution < -0.4 is 10.1 Å². The summed E-state index contributed by atoms with van der Waals surface area (Å²) in [5.41, 5.74) is -0.557. The second kappa shape index (κ2) is 12.1. The third kappa shape index (κ3) is 7.17. The highest BCUT2D eigenvalue weighted by molar-refractivity contribution is 9.10. The molecule has 1 amide bonds. The first-order valence-electron chi connectivity index (χ1n) is 12.9. The van der Waals surface area contributed by atoms with Crippen LogP contribution in [0.15, 0.2) is 70.0 Å². The maximum Gasteiger partial charge on any atom is 0.335 e. The fourth-order valence-corrected chi connectivity index (χ4v) is 6.49. The Bertz CT molecular complexity index is 1450. The van der Waals surface area contributed by atoms with Gasteiger partial charge in [0.05, 0.1) is 17.1 Å². The molecule has 0 radical (unpaired) electrons. The number of halogens is 1. The molecule has 3 aromatic carbocycles. The van der Waals surface area contributed by atoms with Crippen molar-refractivity contribution in [2.75, 3.05) is 19.7 Å². The number of aromatic carboxylic acids is 1. The van der Waals surface area contributed by atoms with Gasteiger partial charge in [-0.05, 0) is 85.0 Å². The second-order valence-corrected chi connectivity index (χ2v) is 13.3. The number of carbonyl (C=O) groups excluding carboxylic acids is 1. The van der Waals surface area contributed by atoms with Crippen molar-refractivity contribution < 1.29 is 27.9 Å². The van der Waals surface area contributed by atoms with Gasteiger partial charge in [0.15, 0.2) is 0 Å². The highest BCUT2D eigenvalue weighted by Crippen LogP contribution is 2.27. The van der Waals surface area contributed by atoms with Crippen molar-refractivity contribution in [3.05, 3.63) is 70.7 Å². The van der Waals surface area contributed by atoms with E-state index in [1.54, 1.807) is 0 Å². The number of benzene rings is 3. The summed E-state index contributed by atoms with van der Waals surface area (Å²) >= 11 is 3.49. The van der Waals surface area contributed by atoms with Gasteiger partial charge in [-0.3, -0.25) is 4.79 Å². The van der Waals surface area contributed by atoms with E-state index < -0.39 is 21.4 Å². The molecule has 0 aromatic heterocycles. The minimum atomic E-state index is -3.73. The van der Waals surface area contributed by atoms with Gasteiger partial charge < -0.3 is 15.2 Å². The molecule has 2 N–H and O–H groups in total. The number of ether oxygens (including phenoxy) is 1. The average molecular weight is 618 g/mol. The Morgan fingerprint density at radius 1 is 1.03 bits per heavy atom. The second-order valence-electron chi connectivity index (χ2n) is 10.5. The van der Waals surface area contributed by atoms with E-state index in [1.807, 2.05) is 44.2 Å². The highest BCUT2D eigenvalue weighted by atomic mass is 79.9. The Hall–Kier alpha value is -2.95. The van der Waals surface area contributed by atoms with E-state index in [0.29, 0.717) is 32.3 Å². The molecule has 8 nitrogen and oxygen atoms in total. The summed E-state index contributed by atoms with van der Waals surface area (Å²) in [4.78, 5) is 24.1. The van der Waals surface area contributed by atoms with Crippen LogP contribution >= 0.6 is 15.9 Å². The van der Waals surface area contributed by atoms with Crippen LogP contribution in [0.3, 0.4) is 0 Å². The molecule has 3 aromatic rings. The third-order valence-electron chi connectivity index (χ3n) is 7.13. The molecule has 1 aliphatic heterocycles. The molecule has 1 fully saturated rings. The summed E-state index contributed by atoms with van der Waals surface area (Å²) in [6, 6.07) is 17.2. The van der Waals surface area contributed by atoms with Gasteiger partial charge in [-0.15, -0.1) is 0 Å². The van der Waals surface area contributed by atoms with Gasteiger partial charge >= 0.3 is 5.97 Å². The van der Waals surface area contributed by atoms with Crippen molar-refractivity contribution in [1.29, 1.82) is 0 Å². The molecule has 0 bridgehead atoms. The fourth-order valence-electron chi connectivity index (χ4n) is 4.64. The number of rotatable bonds is 10. The van der Waals surface area contributed by atoms with Crippen molar-refractivity contribution in [3.8, 4) is 5.75 Å². The lowest BCUT2D eigenvalue weighted by Gasteiger charge is -2.33. The first-order valence-corrected chi connectivity index (χ1v) is 15.2. The van der Waals surface area contributed by atoms with E-state index in [9.17, 15) is 18.0 Å². The number of nitrogens with one attached hydrogen (secondary N) is 1. The molecule has 1 heterocycles. The van der Waals surface area contributed by atoms with Crippen molar-refractivity contribution in [1.82, 2.24) is 9.62 Å². The Morgan fingerprint density at radius 3 is 2.36 bits per heavy atom. The molecule has 1 aliphatic rings. The molecule has 0 aliphatic carbocycles. The number of piperidine rings is 1. The monoisotopic (exact) mass is 616 g/mol. The zero-order valence-electron chi connectivity index (χ0n) is 22.0. The Labute approximate surface area is 237 Å². The largest absolute Gasteiger partial charge is 0.494 e. The number of nitrogens with zero attached hydrogens (tertiary/aromatic N) is 1. The molecule has 4 rings (SSSR count). The van der Waals surface area contributed by atoms with Crippen molar-refractivity contribution in [2.24, 2.45) is 5.41 Å². The lowest BCUT2D eigenvalue weighted by molar-refractivity contribution is -0.130. The summed E-state index contributed by atoms with van der Waals surface area (Å²) in [5, 5.41) is 14.4. The van der Waals surface area contributed by atoms with E-state index in [-0.39, 0.29) is 35.5 Å². The standard InChI is InChI=1S/C29H33BrN2O6S/c1-29(2,14-3-17-38-25-9-5-20-4-8-23(30)18-22(20)19-25)28(35)31-24-12-15-32(16-13-24)39(36,37)26-10-6-21(7-11-26)27(33)34/h4-11,18-19,24H,3,12-17H2,1-2H3,(H,31,35)(H,33,34). The van der Waals surface area contributed by atoms with Gasteiger partial charge in [-0.2, -0.15) is 4.31 Å². The molecular weight excluding hydrogens is 584 g/mol. The third-order valence-corrected chi connectivity index (χ3v) is 9.54. The van der Waals surface area contributed by atoms with E-state index in [2.05, 4.69) is 27.3 Å². The molecular formula is C29H33BrN2O6S. The van der Waals surface area contributed by atoms with Crippen LogP contribution in [0.1, 0.15) is 49.9 Å². The molecule has 39 heavy (non-hydrogen) atoms. The molecule has 0 unspecified atom stereocenters. The quantitative estimate of drug-likeness (QED) is 0.293. The van der Waals surface area contributed by atoms with Crippen molar-refractivity contribution in [3.63, 3.8) is 0 Å².